The molecule has 1 rings (SSSR count). The summed E-state index contributed by atoms with van der Waals surface area (Å²) < 4.78 is 0. The van der Waals surface area contributed by atoms with E-state index in [9.17, 15) is 0 Å². The number of unbranched alkanes of at least 4 members (excludes halogenated alkanes) is 1. The molecule has 2 nitrogen and oxygen atoms in total. The van der Waals surface area contributed by atoms with Gasteiger partial charge in [-0.3, -0.25) is 0 Å². The average Bonchev–Trinajstić information content (AvgIpc) is 2.14. The van der Waals surface area contributed by atoms with E-state index in [1.54, 1.807) is 0 Å². The Hall–Kier alpha value is 0.270. The smallest absolute Gasteiger partial charge is 0.0431 e. The highest BCUT2D eigenvalue weighted by molar-refractivity contribution is 7.99. The van der Waals surface area contributed by atoms with Crippen LogP contribution in [-0.2, 0) is 0 Å². The first-order chi connectivity index (χ1) is 5.93. The zero-order valence-electron chi connectivity index (χ0n) is 7.59. The Morgan fingerprint density at radius 2 is 2.33 bits per heavy atom. The minimum atomic E-state index is 0.334. The highest BCUT2D eigenvalue weighted by atomic mass is 32.2. The normalized spacial score (nSPS) is 24.2. The molecule has 0 amide bonds. The first-order valence-electron chi connectivity index (χ1n) is 4.85. The molecule has 72 valence electrons. The third-order valence-corrected chi connectivity index (χ3v) is 3.39. The lowest BCUT2D eigenvalue weighted by Crippen LogP contribution is -2.34. The van der Waals surface area contributed by atoms with E-state index >= 15 is 0 Å². The summed E-state index contributed by atoms with van der Waals surface area (Å²) >= 11 is 2.05. The molecule has 0 aromatic heterocycles. The minimum Gasteiger partial charge on any atom is -0.396 e. The van der Waals surface area contributed by atoms with Gasteiger partial charge < -0.3 is 10.4 Å². The lowest BCUT2D eigenvalue weighted by atomic mass is 10.2. The molecule has 0 radical (unpaired) electrons. The van der Waals surface area contributed by atoms with Gasteiger partial charge >= 0.3 is 0 Å². The van der Waals surface area contributed by atoms with E-state index in [1.165, 1.54) is 24.3 Å². The van der Waals surface area contributed by atoms with Gasteiger partial charge in [0, 0.05) is 18.4 Å². The molecule has 1 aliphatic heterocycles. The van der Waals surface area contributed by atoms with Crippen LogP contribution in [0.5, 0.6) is 0 Å². The minimum absolute atomic E-state index is 0.334. The van der Waals surface area contributed by atoms with Gasteiger partial charge in [-0.25, -0.2) is 0 Å². The van der Waals surface area contributed by atoms with E-state index in [2.05, 4.69) is 17.1 Å². The van der Waals surface area contributed by atoms with Gasteiger partial charge in [-0.2, -0.15) is 11.8 Å². The second-order valence-corrected chi connectivity index (χ2v) is 4.45. The monoisotopic (exact) mass is 189 g/mol. The van der Waals surface area contributed by atoms with Gasteiger partial charge in [0.25, 0.3) is 0 Å². The molecule has 1 saturated heterocycles. The van der Waals surface area contributed by atoms with Crippen molar-refractivity contribution in [2.24, 2.45) is 0 Å². The number of hydrogen-bond acceptors (Lipinski definition) is 3. The molecule has 0 bridgehead atoms. The third kappa shape index (κ3) is 4.33. The quantitative estimate of drug-likeness (QED) is 0.638. The molecule has 1 fully saturated rings. The standard InChI is InChI=1S/C9H19NOS/c11-6-2-1-5-10-9-4-3-7-12-8-9/h9-11H,1-8H2. The lowest BCUT2D eigenvalue weighted by molar-refractivity contribution is 0.282. The van der Waals surface area contributed by atoms with Crippen molar-refractivity contribution >= 4 is 11.8 Å². The van der Waals surface area contributed by atoms with E-state index in [4.69, 9.17) is 5.11 Å². The molecule has 0 aromatic carbocycles. The van der Waals surface area contributed by atoms with Crippen molar-refractivity contribution in [2.45, 2.75) is 31.7 Å². The summed E-state index contributed by atoms with van der Waals surface area (Å²) in [7, 11) is 0. The molecule has 0 aromatic rings. The van der Waals surface area contributed by atoms with Crippen LogP contribution in [0.15, 0.2) is 0 Å². The highest BCUT2D eigenvalue weighted by Gasteiger charge is 2.11. The molecule has 1 unspecified atom stereocenters. The Labute approximate surface area is 79.1 Å². The predicted octanol–water partition coefficient (Wildman–Crippen LogP) is 1.24. The van der Waals surface area contributed by atoms with Crippen molar-refractivity contribution in [3.05, 3.63) is 0 Å². The van der Waals surface area contributed by atoms with Crippen LogP contribution in [0.2, 0.25) is 0 Å². The maximum Gasteiger partial charge on any atom is 0.0431 e. The average molecular weight is 189 g/mol. The van der Waals surface area contributed by atoms with Gasteiger partial charge in [0.05, 0.1) is 0 Å². The summed E-state index contributed by atoms with van der Waals surface area (Å²) in [6.45, 7) is 1.41. The van der Waals surface area contributed by atoms with Gasteiger partial charge in [-0.15, -0.1) is 0 Å². The molecule has 12 heavy (non-hydrogen) atoms. The van der Waals surface area contributed by atoms with Gasteiger partial charge in [-0.05, 0) is 38.0 Å². The van der Waals surface area contributed by atoms with E-state index in [-0.39, 0.29) is 0 Å². The number of rotatable bonds is 5. The largest absolute Gasteiger partial charge is 0.396 e. The molecule has 2 N–H and O–H groups in total. The molecule has 3 heteroatoms. The first-order valence-corrected chi connectivity index (χ1v) is 6.01. The Bertz CT molecular complexity index is 105. The number of aliphatic hydroxyl groups excluding tert-OH is 1. The Kier molecular flexibility index (Phi) is 5.82. The van der Waals surface area contributed by atoms with E-state index in [0.717, 1.165) is 25.4 Å². The van der Waals surface area contributed by atoms with Crippen molar-refractivity contribution in [2.75, 3.05) is 24.7 Å². The Morgan fingerprint density at radius 1 is 1.42 bits per heavy atom. The van der Waals surface area contributed by atoms with Crippen LogP contribution in [0.25, 0.3) is 0 Å². The Morgan fingerprint density at radius 3 is 3.00 bits per heavy atom. The number of nitrogens with one attached hydrogen (secondary N) is 1. The summed E-state index contributed by atoms with van der Waals surface area (Å²) in [6.07, 6.45) is 4.75. The van der Waals surface area contributed by atoms with Crippen LogP contribution >= 0.6 is 11.8 Å². The van der Waals surface area contributed by atoms with E-state index < -0.39 is 0 Å². The van der Waals surface area contributed by atoms with Crippen molar-refractivity contribution in [3.63, 3.8) is 0 Å². The summed E-state index contributed by atoms with van der Waals surface area (Å²) in [5, 5.41) is 12.1. The van der Waals surface area contributed by atoms with Crippen LogP contribution in [0.1, 0.15) is 25.7 Å². The summed E-state index contributed by atoms with van der Waals surface area (Å²) in [5.41, 5.74) is 0. The zero-order valence-corrected chi connectivity index (χ0v) is 8.41. The molecule has 1 heterocycles. The molecule has 0 saturated carbocycles. The predicted molar refractivity (Wildman–Crippen MR) is 54.7 cm³/mol. The maximum atomic E-state index is 8.57. The third-order valence-electron chi connectivity index (χ3n) is 2.18. The fourth-order valence-corrected chi connectivity index (χ4v) is 2.55. The maximum absolute atomic E-state index is 8.57. The molecule has 1 aliphatic rings. The fraction of sp³-hybridized carbons (Fsp3) is 1.00. The molecule has 0 aliphatic carbocycles. The fourth-order valence-electron chi connectivity index (χ4n) is 1.44. The van der Waals surface area contributed by atoms with Gasteiger partial charge in [0.2, 0.25) is 0 Å². The number of hydrogen-bond donors (Lipinski definition) is 2. The second-order valence-electron chi connectivity index (χ2n) is 3.30. The first kappa shape index (κ1) is 10.4. The van der Waals surface area contributed by atoms with Crippen molar-refractivity contribution in [1.82, 2.24) is 5.32 Å². The lowest BCUT2D eigenvalue weighted by Gasteiger charge is -2.22. The SMILES string of the molecule is OCCCCNC1CCCSC1. The highest BCUT2D eigenvalue weighted by Crippen LogP contribution is 2.16. The summed E-state index contributed by atoms with van der Waals surface area (Å²) in [4.78, 5) is 0. The molecule has 0 spiro atoms. The van der Waals surface area contributed by atoms with Crippen LogP contribution in [0.3, 0.4) is 0 Å². The van der Waals surface area contributed by atoms with Crippen molar-refractivity contribution in [1.29, 1.82) is 0 Å². The molecular weight excluding hydrogens is 170 g/mol. The number of aliphatic hydroxyl groups is 1. The van der Waals surface area contributed by atoms with Crippen LogP contribution in [0.4, 0.5) is 0 Å². The Balaban J connectivity index is 1.91. The summed E-state index contributed by atoms with van der Waals surface area (Å²) in [6, 6.07) is 0.738. The molecular formula is C9H19NOS. The second kappa shape index (κ2) is 6.75. The van der Waals surface area contributed by atoms with Gasteiger partial charge in [0.1, 0.15) is 0 Å². The van der Waals surface area contributed by atoms with Gasteiger partial charge in [0.15, 0.2) is 0 Å². The number of thioether (sulfide) groups is 1. The summed E-state index contributed by atoms with van der Waals surface area (Å²) in [5.74, 6) is 2.62. The zero-order chi connectivity index (χ0) is 8.65. The topological polar surface area (TPSA) is 32.3 Å². The van der Waals surface area contributed by atoms with E-state index in [0.29, 0.717) is 6.61 Å². The van der Waals surface area contributed by atoms with Crippen molar-refractivity contribution in [3.8, 4) is 0 Å². The van der Waals surface area contributed by atoms with Gasteiger partial charge in [-0.1, -0.05) is 0 Å². The van der Waals surface area contributed by atoms with Crippen LogP contribution in [0, 0.1) is 0 Å². The molecule has 1 atom stereocenters. The van der Waals surface area contributed by atoms with Crippen molar-refractivity contribution < 1.29 is 5.11 Å². The van der Waals surface area contributed by atoms with Crippen LogP contribution < -0.4 is 5.32 Å². The van der Waals surface area contributed by atoms with Crippen LogP contribution in [-0.4, -0.2) is 35.8 Å². The van der Waals surface area contributed by atoms with E-state index in [1.807, 2.05) is 0 Å².